The molecule has 6 heteroatoms. The van der Waals surface area contributed by atoms with Crippen molar-refractivity contribution in [3.8, 4) is 0 Å². The lowest BCUT2D eigenvalue weighted by Gasteiger charge is -2.22. The second-order valence-corrected chi connectivity index (χ2v) is 5.57. The quantitative estimate of drug-likeness (QED) is 0.928. The zero-order valence-corrected chi connectivity index (χ0v) is 12.3. The van der Waals surface area contributed by atoms with Gasteiger partial charge in [0, 0.05) is 23.8 Å². The summed E-state index contributed by atoms with van der Waals surface area (Å²) < 4.78 is 0.964. The van der Waals surface area contributed by atoms with Crippen LogP contribution >= 0.6 is 15.9 Å². The van der Waals surface area contributed by atoms with Crippen molar-refractivity contribution in [2.24, 2.45) is 0 Å². The van der Waals surface area contributed by atoms with Gasteiger partial charge in [0.25, 0.3) is 0 Å². The van der Waals surface area contributed by atoms with Crippen molar-refractivity contribution in [2.75, 3.05) is 18.5 Å². The summed E-state index contributed by atoms with van der Waals surface area (Å²) in [6.07, 6.45) is -0.0504. The van der Waals surface area contributed by atoms with Crippen LogP contribution in [0.2, 0.25) is 0 Å². The van der Waals surface area contributed by atoms with Gasteiger partial charge in [0.1, 0.15) is 0 Å². The molecule has 1 saturated heterocycles. The molecule has 0 bridgehead atoms. The highest BCUT2D eigenvalue weighted by molar-refractivity contribution is 9.10. The third-order valence-corrected chi connectivity index (χ3v) is 4.10. The molecule has 1 aromatic rings. The van der Waals surface area contributed by atoms with Gasteiger partial charge in [-0.05, 0) is 30.7 Å². The maximum atomic E-state index is 12.1. The van der Waals surface area contributed by atoms with Crippen molar-refractivity contribution in [1.29, 1.82) is 0 Å². The van der Waals surface area contributed by atoms with Crippen LogP contribution in [0.25, 0.3) is 0 Å². The van der Waals surface area contributed by atoms with Gasteiger partial charge in [-0.2, -0.15) is 0 Å². The van der Waals surface area contributed by atoms with Gasteiger partial charge in [0.15, 0.2) is 0 Å². The number of likely N-dealkylation sites (N-methyl/N-ethyl adjacent to an activating group) is 1. The molecule has 1 N–H and O–H groups in total. The minimum absolute atomic E-state index is 0.0504. The van der Waals surface area contributed by atoms with E-state index in [9.17, 15) is 9.59 Å². The number of aryl methyl sites for hydroxylation is 1. The van der Waals surface area contributed by atoms with Gasteiger partial charge >= 0.3 is 12.0 Å². The Morgan fingerprint density at radius 3 is 2.79 bits per heavy atom. The summed E-state index contributed by atoms with van der Waals surface area (Å²) in [6.45, 7) is 2.37. The van der Waals surface area contributed by atoms with E-state index >= 15 is 0 Å². The zero-order valence-electron chi connectivity index (χ0n) is 10.8. The number of carboxylic acid groups (broad SMARTS) is 1. The molecule has 1 fully saturated rings. The Morgan fingerprint density at radius 1 is 1.53 bits per heavy atom. The van der Waals surface area contributed by atoms with Gasteiger partial charge in [0.2, 0.25) is 0 Å². The van der Waals surface area contributed by atoms with Crippen LogP contribution in [0.5, 0.6) is 0 Å². The van der Waals surface area contributed by atoms with Crippen LogP contribution in [0.15, 0.2) is 22.7 Å². The molecular weight excluding hydrogens is 312 g/mol. The van der Waals surface area contributed by atoms with E-state index < -0.39 is 5.97 Å². The summed E-state index contributed by atoms with van der Waals surface area (Å²) in [5.74, 6) is -0.896. The van der Waals surface area contributed by atoms with E-state index in [1.54, 1.807) is 16.8 Å². The van der Waals surface area contributed by atoms with Crippen LogP contribution < -0.4 is 4.90 Å². The molecule has 1 heterocycles. The van der Waals surface area contributed by atoms with E-state index in [0.29, 0.717) is 6.54 Å². The molecule has 1 aliphatic rings. The summed E-state index contributed by atoms with van der Waals surface area (Å²) in [6, 6.07) is 5.09. The van der Waals surface area contributed by atoms with Gasteiger partial charge in [-0.15, -0.1) is 0 Å². The summed E-state index contributed by atoms with van der Waals surface area (Å²) in [5, 5.41) is 8.95. The van der Waals surface area contributed by atoms with Crippen molar-refractivity contribution in [3.05, 3.63) is 28.2 Å². The third kappa shape index (κ3) is 2.73. The number of rotatable bonds is 3. The largest absolute Gasteiger partial charge is 0.481 e. The molecule has 1 atom stereocenters. The maximum Gasteiger partial charge on any atom is 0.324 e. The fourth-order valence-electron chi connectivity index (χ4n) is 2.27. The first-order chi connectivity index (χ1) is 8.90. The summed E-state index contributed by atoms with van der Waals surface area (Å²) in [5.41, 5.74) is 1.75. The molecule has 19 heavy (non-hydrogen) atoms. The number of halogens is 1. The molecule has 1 unspecified atom stereocenters. The van der Waals surface area contributed by atoms with E-state index in [2.05, 4.69) is 15.9 Å². The second kappa shape index (κ2) is 5.21. The Labute approximate surface area is 119 Å². The lowest BCUT2D eigenvalue weighted by molar-refractivity contribution is -0.137. The number of anilines is 1. The van der Waals surface area contributed by atoms with E-state index in [1.165, 1.54) is 0 Å². The predicted octanol–water partition coefficient (Wildman–Crippen LogP) is 2.47. The number of carbonyl (C=O) groups is 2. The van der Waals surface area contributed by atoms with E-state index in [-0.39, 0.29) is 18.5 Å². The van der Waals surface area contributed by atoms with Crippen LogP contribution in [0.3, 0.4) is 0 Å². The number of aliphatic carboxylic acids is 1. The standard InChI is InChI=1S/C13H15BrN2O3/c1-8-5-9(3-4-11(8)14)16-10(6-12(17)18)7-15(2)13(16)19/h3-5,10H,6-7H2,1-2H3,(H,17,18). The fraction of sp³-hybridized carbons (Fsp3) is 0.385. The van der Waals surface area contributed by atoms with Gasteiger partial charge in [-0.25, -0.2) is 4.79 Å². The van der Waals surface area contributed by atoms with Crippen molar-refractivity contribution in [1.82, 2.24) is 4.90 Å². The monoisotopic (exact) mass is 326 g/mol. The number of benzene rings is 1. The highest BCUT2D eigenvalue weighted by atomic mass is 79.9. The van der Waals surface area contributed by atoms with Crippen LogP contribution in [0.4, 0.5) is 10.5 Å². The summed E-state index contributed by atoms with van der Waals surface area (Å²) in [4.78, 5) is 26.2. The van der Waals surface area contributed by atoms with Crippen LogP contribution in [0.1, 0.15) is 12.0 Å². The number of hydrogen-bond acceptors (Lipinski definition) is 2. The smallest absolute Gasteiger partial charge is 0.324 e. The molecule has 102 valence electrons. The van der Waals surface area contributed by atoms with Crippen molar-refractivity contribution < 1.29 is 14.7 Å². The van der Waals surface area contributed by atoms with Crippen LogP contribution in [-0.2, 0) is 4.79 Å². The first-order valence-electron chi connectivity index (χ1n) is 5.92. The minimum atomic E-state index is -0.896. The third-order valence-electron chi connectivity index (χ3n) is 3.21. The number of carboxylic acids is 1. The van der Waals surface area contributed by atoms with Crippen molar-refractivity contribution >= 4 is 33.6 Å². The van der Waals surface area contributed by atoms with Crippen LogP contribution in [0, 0.1) is 6.92 Å². The number of hydrogen-bond donors (Lipinski definition) is 1. The van der Waals surface area contributed by atoms with Gasteiger partial charge in [-0.3, -0.25) is 9.69 Å². The second-order valence-electron chi connectivity index (χ2n) is 4.72. The van der Waals surface area contributed by atoms with E-state index in [4.69, 9.17) is 5.11 Å². The lowest BCUT2D eigenvalue weighted by atomic mass is 10.1. The number of carbonyl (C=O) groups excluding carboxylic acids is 1. The Balaban J connectivity index is 2.35. The molecule has 1 aliphatic heterocycles. The Morgan fingerprint density at radius 2 is 2.21 bits per heavy atom. The Kier molecular flexibility index (Phi) is 3.80. The molecule has 2 amide bonds. The SMILES string of the molecule is Cc1cc(N2C(=O)N(C)CC2CC(=O)O)ccc1Br. The zero-order chi connectivity index (χ0) is 14.2. The summed E-state index contributed by atoms with van der Waals surface area (Å²) in [7, 11) is 1.68. The molecule has 0 aromatic heterocycles. The average Bonchev–Trinajstić information content (AvgIpc) is 2.58. The first-order valence-corrected chi connectivity index (χ1v) is 6.71. The average molecular weight is 327 g/mol. The number of nitrogens with zero attached hydrogens (tertiary/aromatic N) is 2. The van der Waals surface area contributed by atoms with Crippen molar-refractivity contribution in [2.45, 2.75) is 19.4 Å². The maximum absolute atomic E-state index is 12.1. The molecule has 2 rings (SSSR count). The highest BCUT2D eigenvalue weighted by Crippen LogP contribution is 2.29. The molecule has 5 nitrogen and oxygen atoms in total. The topological polar surface area (TPSA) is 60.9 Å². The Hall–Kier alpha value is -1.56. The molecule has 0 spiro atoms. The summed E-state index contributed by atoms with van der Waals surface area (Å²) >= 11 is 3.41. The van der Waals surface area contributed by atoms with Gasteiger partial charge < -0.3 is 10.0 Å². The lowest BCUT2D eigenvalue weighted by Crippen LogP contribution is -2.35. The van der Waals surface area contributed by atoms with Crippen molar-refractivity contribution in [3.63, 3.8) is 0 Å². The van der Waals surface area contributed by atoms with Gasteiger partial charge in [0.05, 0.1) is 12.5 Å². The normalized spacial score (nSPS) is 19.1. The predicted molar refractivity (Wildman–Crippen MR) is 75.4 cm³/mol. The fourth-order valence-corrected chi connectivity index (χ4v) is 2.52. The molecular formula is C13H15BrN2O3. The highest BCUT2D eigenvalue weighted by Gasteiger charge is 2.37. The Bertz CT molecular complexity index is 533. The number of urea groups is 1. The molecule has 0 aliphatic carbocycles. The molecule has 0 radical (unpaired) electrons. The first kappa shape index (κ1) is 13.9. The molecule has 0 saturated carbocycles. The van der Waals surface area contributed by atoms with Crippen LogP contribution in [-0.4, -0.2) is 41.6 Å². The minimum Gasteiger partial charge on any atom is -0.481 e. The van der Waals surface area contributed by atoms with Gasteiger partial charge in [-0.1, -0.05) is 15.9 Å². The van der Waals surface area contributed by atoms with E-state index in [0.717, 1.165) is 15.7 Å². The van der Waals surface area contributed by atoms with E-state index in [1.807, 2.05) is 25.1 Å². The number of amides is 2. The molecule has 1 aromatic carbocycles.